The van der Waals surface area contributed by atoms with Crippen LogP contribution in [0.4, 0.5) is 15.8 Å². The van der Waals surface area contributed by atoms with E-state index in [-0.39, 0.29) is 17.5 Å². The lowest BCUT2D eigenvalue weighted by atomic mass is 9.78. The Morgan fingerprint density at radius 3 is 2.32 bits per heavy atom. The van der Waals surface area contributed by atoms with Crippen LogP contribution >= 0.6 is 11.6 Å². The summed E-state index contributed by atoms with van der Waals surface area (Å²) in [5.74, 6) is -0.325. The molecule has 200 valence electrons. The fraction of sp³-hybridized carbons (Fsp3) is 0.406. The summed E-state index contributed by atoms with van der Waals surface area (Å²) < 4.78 is 14.9. The molecule has 0 bridgehead atoms. The fourth-order valence-corrected chi connectivity index (χ4v) is 6.49. The van der Waals surface area contributed by atoms with E-state index in [4.69, 9.17) is 11.6 Å². The van der Waals surface area contributed by atoms with Crippen molar-refractivity contribution >= 4 is 28.9 Å². The summed E-state index contributed by atoms with van der Waals surface area (Å²) in [5.41, 5.74) is 3.25. The van der Waals surface area contributed by atoms with Gasteiger partial charge in [-0.3, -0.25) is 9.69 Å². The van der Waals surface area contributed by atoms with Gasteiger partial charge in [0.2, 0.25) is 0 Å². The van der Waals surface area contributed by atoms with Crippen LogP contribution in [0.15, 0.2) is 72.8 Å². The Balaban J connectivity index is 1.40. The topological polar surface area (TPSA) is 26.8 Å². The van der Waals surface area contributed by atoms with Gasteiger partial charge in [-0.25, -0.2) is 4.39 Å². The van der Waals surface area contributed by atoms with Crippen molar-refractivity contribution in [1.82, 2.24) is 4.90 Å². The summed E-state index contributed by atoms with van der Waals surface area (Å²) in [7, 11) is 3.96. The standard InChI is InChI=1S/C32H37ClFN3O/c1-35(2)26-11-8-12-27(22-26)37(32(38)29-21-24(33)15-16-30(29)34)25-17-19-36(20-18-25)31-14-7-6-13-28(31)23-9-4-3-5-10-23/h3-5,8-12,15-16,21-22,25,28,31H,6-7,13-14,17-20H2,1-2H3. The van der Waals surface area contributed by atoms with E-state index in [1.54, 1.807) is 0 Å². The van der Waals surface area contributed by atoms with Gasteiger partial charge >= 0.3 is 0 Å². The van der Waals surface area contributed by atoms with E-state index in [9.17, 15) is 9.18 Å². The van der Waals surface area contributed by atoms with Crippen LogP contribution in [0.1, 0.15) is 60.4 Å². The summed E-state index contributed by atoms with van der Waals surface area (Å²) >= 11 is 6.18. The van der Waals surface area contributed by atoms with E-state index in [1.165, 1.54) is 49.4 Å². The SMILES string of the molecule is CN(C)c1cccc(N(C(=O)c2cc(Cl)ccc2F)C2CCN(C3CCCCC3c3ccccc3)CC2)c1. The van der Waals surface area contributed by atoms with Crippen LogP contribution in [0.5, 0.6) is 0 Å². The zero-order valence-corrected chi connectivity index (χ0v) is 23.1. The molecule has 1 amide bonds. The number of anilines is 2. The van der Waals surface area contributed by atoms with Gasteiger partial charge in [-0.2, -0.15) is 0 Å². The number of carbonyl (C=O) groups excluding carboxylic acids is 1. The molecule has 1 aliphatic heterocycles. The lowest BCUT2D eigenvalue weighted by Gasteiger charge is -2.45. The Morgan fingerprint density at radius 2 is 1.58 bits per heavy atom. The van der Waals surface area contributed by atoms with Gasteiger partial charge < -0.3 is 9.80 Å². The Morgan fingerprint density at radius 1 is 0.868 bits per heavy atom. The summed E-state index contributed by atoms with van der Waals surface area (Å²) in [6.45, 7) is 1.85. The smallest absolute Gasteiger partial charge is 0.261 e. The molecule has 2 aliphatic rings. The molecule has 1 saturated carbocycles. The van der Waals surface area contributed by atoms with Crippen molar-refractivity contribution in [3.63, 3.8) is 0 Å². The molecule has 38 heavy (non-hydrogen) atoms. The Hall–Kier alpha value is -2.89. The number of amides is 1. The summed E-state index contributed by atoms with van der Waals surface area (Å²) in [6, 6.07) is 23.6. The van der Waals surface area contributed by atoms with Gasteiger partial charge in [-0.15, -0.1) is 0 Å². The fourth-order valence-electron chi connectivity index (χ4n) is 6.32. The molecule has 4 nitrogen and oxygen atoms in total. The molecule has 6 heteroatoms. The molecule has 2 fully saturated rings. The van der Waals surface area contributed by atoms with Gasteiger partial charge in [0.05, 0.1) is 5.56 Å². The highest BCUT2D eigenvalue weighted by atomic mass is 35.5. The van der Waals surface area contributed by atoms with E-state index in [0.717, 1.165) is 37.3 Å². The van der Waals surface area contributed by atoms with Gasteiger partial charge in [0.15, 0.2) is 0 Å². The molecule has 3 aromatic rings. The van der Waals surface area contributed by atoms with Gasteiger partial charge in [0, 0.05) is 55.7 Å². The van der Waals surface area contributed by atoms with Crippen molar-refractivity contribution in [1.29, 1.82) is 0 Å². The second-order valence-electron chi connectivity index (χ2n) is 10.8. The largest absolute Gasteiger partial charge is 0.378 e. The highest BCUT2D eigenvalue weighted by Crippen LogP contribution is 2.38. The highest BCUT2D eigenvalue weighted by molar-refractivity contribution is 6.31. The second-order valence-corrected chi connectivity index (χ2v) is 11.3. The zero-order chi connectivity index (χ0) is 26.6. The Labute approximate surface area is 231 Å². The number of carbonyl (C=O) groups is 1. The third kappa shape index (κ3) is 5.74. The van der Waals surface area contributed by atoms with Gasteiger partial charge in [0.1, 0.15) is 5.82 Å². The van der Waals surface area contributed by atoms with Crippen molar-refractivity contribution in [3.8, 4) is 0 Å². The second kappa shape index (κ2) is 11.9. The molecule has 1 heterocycles. The van der Waals surface area contributed by atoms with Gasteiger partial charge in [0.25, 0.3) is 5.91 Å². The first-order valence-electron chi connectivity index (χ1n) is 13.8. The van der Waals surface area contributed by atoms with Crippen LogP contribution in [-0.2, 0) is 0 Å². The third-order valence-corrected chi connectivity index (χ3v) is 8.53. The minimum atomic E-state index is -0.543. The van der Waals surface area contributed by atoms with E-state index < -0.39 is 5.82 Å². The van der Waals surface area contributed by atoms with Crippen LogP contribution in [-0.4, -0.2) is 50.1 Å². The minimum absolute atomic E-state index is 0.0200. The number of nitrogens with zero attached hydrogens (tertiary/aromatic N) is 3. The first kappa shape index (κ1) is 26.7. The quantitative estimate of drug-likeness (QED) is 0.330. The van der Waals surface area contributed by atoms with Crippen LogP contribution < -0.4 is 9.80 Å². The first-order chi connectivity index (χ1) is 18.4. The minimum Gasteiger partial charge on any atom is -0.378 e. The number of likely N-dealkylation sites (tertiary alicyclic amines) is 1. The Kier molecular flexibility index (Phi) is 8.35. The number of hydrogen-bond donors (Lipinski definition) is 0. The molecule has 5 rings (SSSR count). The van der Waals surface area contributed by atoms with E-state index in [0.29, 0.717) is 17.0 Å². The normalized spacial score (nSPS) is 20.7. The molecular formula is C32H37ClFN3O. The van der Waals surface area contributed by atoms with E-state index in [1.807, 2.05) is 48.2 Å². The maximum atomic E-state index is 14.9. The zero-order valence-electron chi connectivity index (χ0n) is 22.3. The van der Waals surface area contributed by atoms with Crippen LogP contribution in [0, 0.1) is 5.82 Å². The number of halogens is 2. The molecule has 2 unspecified atom stereocenters. The molecule has 1 aliphatic carbocycles. The lowest BCUT2D eigenvalue weighted by molar-refractivity contribution is 0.0892. The Bertz CT molecular complexity index is 1240. The predicted octanol–water partition coefficient (Wildman–Crippen LogP) is 7.38. The van der Waals surface area contributed by atoms with Gasteiger partial charge in [-0.05, 0) is 73.6 Å². The van der Waals surface area contributed by atoms with E-state index in [2.05, 4.69) is 35.2 Å². The molecule has 2 atom stereocenters. The third-order valence-electron chi connectivity index (χ3n) is 8.29. The summed E-state index contributed by atoms with van der Waals surface area (Å²) in [6.07, 6.45) is 6.68. The number of hydrogen-bond acceptors (Lipinski definition) is 3. The van der Waals surface area contributed by atoms with E-state index >= 15 is 0 Å². The van der Waals surface area contributed by atoms with Crippen LogP contribution in [0.3, 0.4) is 0 Å². The molecule has 0 spiro atoms. The van der Waals surface area contributed by atoms with Crippen LogP contribution in [0.2, 0.25) is 5.02 Å². The number of rotatable bonds is 6. The molecule has 0 radical (unpaired) electrons. The van der Waals surface area contributed by atoms with Crippen molar-refractivity contribution in [2.24, 2.45) is 0 Å². The molecule has 3 aromatic carbocycles. The van der Waals surface area contributed by atoms with Crippen molar-refractivity contribution in [3.05, 3.63) is 94.8 Å². The van der Waals surface area contributed by atoms with Crippen LogP contribution in [0.25, 0.3) is 0 Å². The first-order valence-corrected chi connectivity index (χ1v) is 14.1. The predicted molar refractivity (Wildman–Crippen MR) is 155 cm³/mol. The van der Waals surface area contributed by atoms with Crippen molar-refractivity contribution in [2.75, 3.05) is 37.0 Å². The molecule has 1 saturated heterocycles. The lowest BCUT2D eigenvalue weighted by Crippen LogP contribution is -2.52. The number of benzene rings is 3. The number of piperidine rings is 1. The maximum absolute atomic E-state index is 14.9. The molecule has 0 N–H and O–H groups in total. The van der Waals surface area contributed by atoms with Crippen molar-refractivity contribution < 1.29 is 9.18 Å². The highest BCUT2D eigenvalue weighted by Gasteiger charge is 2.36. The van der Waals surface area contributed by atoms with Crippen molar-refractivity contribution in [2.45, 2.75) is 56.5 Å². The summed E-state index contributed by atoms with van der Waals surface area (Å²) in [4.78, 5) is 20.4. The molecular weight excluding hydrogens is 497 g/mol. The average molecular weight is 534 g/mol. The molecule has 0 aromatic heterocycles. The van der Waals surface area contributed by atoms with Gasteiger partial charge in [-0.1, -0.05) is 60.8 Å². The summed E-state index contributed by atoms with van der Waals surface area (Å²) in [5, 5.41) is 0.357. The monoisotopic (exact) mass is 533 g/mol. The maximum Gasteiger partial charge on any atom is 0.261 e. The average Bonchev–Trinajstić information content (AvgIpc) is 2.95.